The first-order valence-corrected chi connectivity index (χ1v) is 6.88. The molecule has 112 valence electrons. The van der Waals surface area contributed by atoms with Gasteiger partial charge in [0.1, 0.15) is 5.82 Å². The molecule has 0 unspecified atom stereocenters. The third-order valence-electron chi connectivity index (χ3n) is 3.28. The minimum atomic E-state index is -0.474. The minimum Gasteiger partial charge on any atom is -0.461 e. The van der Waals surface area contributed by atoms with Gasteiger partial charge in [-0.1, -0.05) is 0 Å². The second-order valence-corrected chi connectivity index (χ2v) is 4.82. The van der Waals surface area contributed by atoms with Gasteiger partial charge >= 0.3 is 5.97 Å². The summed E-state index contributed by atoms with van der Waals surface area (Å²) >= 11 is 0. The summed E-state index contributed by atoms with van der Waals surface area (Å²) in [5, 5.41) is 4.43. The molecule has 0 spiro atoms. The summed E-state index contributed by atoms with van der Waals surface area (Å²) in [5.41, 5.74) is 3.12. The van der Waals surface area contributed by atoms with Crippen molar-refractivity contribution in [2.75, 3.05) is 6.61 Å². The van der Waals surface area contributed by atoms with E-state index in [0.717, 1.165) is 11.1 Å². The van der Waals surface area contributed by atoms with Gasteiger partial charge in [0.2, 0.25) is 0 Å². The van der Waals surface area contributed by atoms with Crippen LogP contribution in [0.2, 0.25) is 0 Å². The molecule has 0 aliphatic carbocycles. The number of hydrogen-bond acceptors (Lipinski definition) is 4. The Hall–Kier alpha value is -2.76. The van der Waals surface area contributed by atoms with Crippen LogP contribution in [0.15, 0.2) is 36.5 Å². The van der Waals surface area contributed by atoms with Gasteiger partial charge in [0.25, 0.3) is 0 Å². The SMILES string of the molecule is CCOC(=O)c1cnc2c(C)cc(-c3ccc(F)cc3)nn12. The number of benzene rings is 1. The van der Waals surface area contributed by atoms with Gasteiger partial charge < -0.3 is 4.74 Å². The van der Waals surface area contributed by atoms with E-state index in [1.807, 2.05) is 13.0 Å². The number of carbonyl (C=O) groups excluding carboxylic acids is 1. The van der Waals surface area contributed by atoms with E-state index < -0.39 is 5.97 Å². The highest BCUT2D eigenvalue weighted by atomic mass is 19.1. The second-order valence-electron chi connectivity index (χ2n) is 4.82. The Labute approximate surface area is 126 Å². The smallest absolute Gasteiger partial charge is 0.358 e. The molecule has 0 amide bonds. The highest BCUT2D eigenvalue weighted by Crippen LogP contribution is 2.21. The lowest BCUT2D eigenvalue weighted by molar-refractivity contribution is 0.0517. The molecule has 3 rings (SSSR count). The maximum Gasteiger partial charge on any atom is 0.358 e. The van der Waals surface area contributed by atoms with Crippen LogP contribution < -0.4 is 0 Å². The van der Waals surface area contributed by atoms with Crippen LogP contribution in [-0.2, 0) is 4.74 Å². The Morgan fingerprint density at radius 2 is 2.05 bits per heavy atom. The molecule has 0 bridgehead atoms. The van der Waals surface area contributed by atoms with Gasteiger partial charge in [-0.3, -0.25) is 0 Å². The van der Waals surface area contributed by atoms with E-state index >= 15 is 0 Å². The van der Waals surface area contributed by atoms with Gasteiger partial charge in [0.05, 0.1) is 18.5 Å². The standard InChI is InChI=1S/C16H14FN3O2/c1-3-22-16(21)14-9-18-15-10(2)8-13(19-20(14)15)11-4-6-12(17)7-5-11/h4-9H,3H2,1-2H3. The maximum absolute atomic E-state index is 13.0. The molecule has 0 radical (unpaired) electrons. The fraction of sp³-hybridized carbons (Fsp3) is 0.188. The third kappa shape index (κ3) is 2.43. The van der Waals surface area contributed by atoms with E-state index in [1.165, 1.54) is 22.8 Å². The van der Waals surface area contributed by atoms with Crippen LogP contribution in [-0.4, -0.2) is 27.2 Å². The zero-order chi connectivity index (χ0) is 15.7. The monoisotopic (exact) mass is 299 g/mol. The number of ether oxygens (including phenoxy) is 1. The zero-order valence-corrected chi connectivity index (χ0v) is 12.2. The molecule has 22 heavy (non-hydrogen) atoms. The van der Waals surface area contributed by atoms with Crippen LogP contribution in [0.4, 0.5) is 4.39 Å². The lowest BCUT2D eigenvalue weighted by Gasteiger charge is -2.06. The van der Waals surface area contributed by atoms with E-state index in [2.05, 4.69) is 10.1 Å². The lowest BCUT2D eigenvalue weighted by Crippen LogP contribution is -2.10. The van der Waals surface area contributed by atoms with Crippen molar-refractivity contribution in [1.29, 1.82) is 0 Å². The summed E-state index contributed by atoms with van der Waals surface area (Å²) in [6.45, 7) is 3.90. The quantitative estimate of drug-likeness (QED) is 0.698. The summed E-state index contributed by atoms with van der Waals surface area (Å²) in [7, 11) is 0. The lowest BCUT2D eigenvalue weighted by atomic mass is 10.1. The summed E-state index contributed by atoms with van der Waals surface area (Å²) < 4.78 is 19.5. The Kier molecular flexibility index (Phi) is 3.58. The van der Waals surface area contributed by atoms with Crippen LogP contribution in [0.3, 0.4) is 0 Å². The maximum atomic E-state index is 13.0. The van der Waals surface area contributed by atoms with E-state index in [-0.39, 0.29) is 18.1 Å². The molecule has 3 aromatic rings. The first kappa shape index (κ1) is 14.2. The van der Waals surface area contributed by atoms with Crippen molar-refractivity contribution in [3.63, 3.8) is 0 Å². The minimum absolute atomic E-state index is 0.268. The summed E-state index contributed by atoms with van der Waals surface area (Å²) in [6.07, 6.45) is 1.45. The summed E-state index contributed by atoms with van der Waals surface area (Å²) in [4.78, 5) is 16.2. The molecule has 0 aliphatic rings. The first-order chi connectivity index (χ1) is 10.6. The van der Waals surface area contributed by atoms with Gasteiger partial charge in [-0.15, -0.1) is 0 Å². The van der Waals surface area contributed by atoms with Crippen molar-refractivity contribution in [1.82, 2.24) is 14.6 Å². The highest BCUT2D eigenvalue weighted by molar-refractivity contribution is 5.88. The van der Waals surface area contributed by atoms with Crippen molar-refractivity contribution in [2.45, 2.75) is 13.8 Å². The molecule has 2 aromatic heterocycles. The average Bonchev–Trinajstić information content (AvgIpc) is 2.92. The molecule has 0 fully saturated rings. The molecule has 6 heteroatoms. The van der Waals surface area contributed by atoms with Crippen LogP contribution in [0.25, 0.3) is 16.9 Å². The van der Waals surface area contributed by atoms with E-state index in [9.17, 15) is 9.18 Å². The Bertz CT molecular complexity index is 840. The van der Waals surface area contributed by atoms with Gasteiger partial charge in [-0.05, 0) is 49.7 Å². The number of imidazole rings is 1. The third-order valence-corrected chi connectivity index (χ3v) is 3.28. The second kappa shape index (κ2) is 5.55. The fourth-order valence-electron chi connectivity index (χ4n) is 2.23. The van der Waals surface area contributed by atoms with Crippen molar-refractivity contribution in [2.24, 2.45) is 0 Å². The van der Waals surface area contributed by atoms with Crippen LogP contribution in [0.5, 0.6) is 0 Å². The Morgan fingerprint density at radius 3 is 2.73 bits per heavy atom. The number of rotatable bonds is 3. The van der Waals surface area contributed by atoms with Crippen LogP contribution in [0.1, 0.15) is 23.0 Å². The zero-order valence-electron chi connectivity index (χ0n) is 12.2. The predicted octanol–water partition coefficient (Wildman–Crippen LogP) is 3.02. The van der Waals surface area contributed by atoms with E-state index in [4.69, 9.17) is 4.74 Å². The first-order valence-electron chi connectivity index (χ1n) is 6.88. The van der Waals surface area contributed by atoms with Crippen LogP contribution >= 0.6 is 0 Å². The molecule has 5 nitrogen and oxygen atoms in total. The molecule has 1 aromatic carbocycles. The molecular weight excluding hydrogens is 285 g/mol. The molecule has 0 saturated carbocycles. The van der Waals surface area contributed by atoms with Crippen molar-refractivity contribution < 1.29 is 13.9 Å². The average molecular weight is 299 g/mol. The number of carbonyl (C=O) groups is 1. The largest absolute Gasteiger partial charge is 0.461 e. The van der Waals surface area contributed by atoms with Crippen molar-refractivity contribution in [3.05, 3.63) is 53.6 Å². The van der Waals surface area contributed by atoms with Gasteiger partial charge in [0, 0.05) is 5.56 Å². The summed E-state index contributed by atoms with van der Waals surface area (Å²) in [6, 6.07) is 7.88. The van der Waals surface area contributed by atoms with Crippen molar-refractivity contribution >= 4 is 11.6 Å². The summed E-state index contributed by atoms with van der Waals surface area (Å²) in [5.74, 6) is -0.783. The van der Waals surface area contributed by atoms with Crippen LogP contribution in [0, 0.1) is 12.7 Å². The topological polar surface area (TPSA) is 56.5 Å². The molecule has 0 saturated heterocycles. The van der Waals surface area contributed by atoms with E-state index in [0.29, 0.717) is 11.3 Å². The number of fused-ring (bicyclic) bond motifs is 1. The normalized spacial score (nSPS) is 10.9. The van der Waals surface area contributed by atoms with Gasteiger partial charge in [-0.2, -0.15) is 5.10 Å². The van der Waals surface area contributed by atoms with Crippen molar-refractivity contribution in [3.8, 4) is 11.3 Å². The molecule has 0 atom stereocenters. The number of esters is 1. The number of nitrogens with zero attached hydrogens (tertiary/aromatic N) is 3. The van der Waals surface area contributed by atoms with E-state index in [1.54, 1.807) is 19.1 Å². The highest BCUT2D eigenvalue weighted by Gasteiger charge is 2.16. The van der Waals surface area contributed by atoms with Gasteiger partial charge in [0.15, 0.2) is 11.3 Å². The molecule has 2 heterocycles. The molecule has 0 aliphatic heterocycles. The number of aromatic nitrogens is 3. The Balaban J connectivity index is 2.15. The number of halogens is 1. The molecule has 0 N–H and O–H groups in total. The Morgan fingerprint density at radius 1 is 1.32 bits per heavy atom. The number of hydrogen-bond donors (Lipinski definition) is 0. The predicted molar refractivity (Wildman–Crippen MR) is 79.1 cm³/mol. The molecular formula is C16H14FN3O2. The van der Waals surface area contributed by atoms with Gasteiger partial charge in [-0.25, -0.2) is 18.7 Å². The number of aryl methyl sites for hydroxylation is 1. The fourth-order valence-corrected chi connectivity index (χ4v) is 2.23.